The number of rotatable bonds is 3. The Bertz CT molecular complexity index is 305. The van der Waals surface area contributed by atoms with Crippen LogP contribution in [0.25, 0.3) is 0 Å². The van der Waals surface area contributed by atoms with Crippen molar-refractivity contribution in [2.24, 2.45) is 5.73 Å². The van der Waals surface area contributed by atoms with E-state index in [4.69, 9.17) is 5.73 Å². The zero-order chi connectivity index (χ0) is 10.7. The van der Waals surface area contributed by atoms with Gasteiger partial charge in [-0.1, -0.05) is 19.1 Å². The fraction of sp³-hybridized carbons (Fsp3) is 0.538. The van der Waals surface area contributed by atoms with Crippen LogP contribution in [0, 0.1) is 0 Å². The number of hydrogen-bond donors (Lipinski definition) is 2. The van der Waals surface area contributed by atoms with Crippen molar-refractivity contribution in [3.05, 3.63) is 29.8 Å². The molecule has 0 radical (unpaired) electrons. The molecule has 2 rings (SSSR count). The third kappa shape index (κ3) is 2.51. The summed E-state index contributed by atoms with van der Waals surface area (Å²) in [5.74, 6) is 0. The molecule has 15 heavy (non-hydrogen) atoms. The second kappa shape index (κ2) is 4.67. The van der Waals surface area contributed by atoms with Crippen molar-refractivity contribution in [1.29, 1.82) is 0 Å². The summed E-state index contributed by atoms with van der Waals surface area (Å²) in [4.78, 5) is 0. The van der Waals surface area contributed by atoms with Crippen molar-refractivity contribution >= 4 is 5.69 Å². The first-order valence-corrected chi connectivity index (χ1v) is 5.90. The van der Waals surface area contributed by atoms with E-state index < -0.39 is 0 Å². The van der Waals surface area contributed by atoms with Crippen LogP contribution in [0.5, 0.6) is 0 Å². The van der Waals surface area contributed by atoms with E-state index in [-0.39, 0.29) is 0 Å². The van der Waals surface area contributed by atoms with E-state index in [1.807, 2.05) is 0 Å². The average Bonchev–Trinajstić information content (AvgIpc) is 2.66. The topological polar surface area (TPSA) is 38.0 Å². The number of benzene rings is 1. The molecule has 0 aromatic heterocycles. The molecular weight excluding hydrogens is 184 g/mol. The van der Waals surface area contributed by atoms with Crippen LogP contribution in [0.1, 0.15) is 31.7 Å². The van der Waals surface area contributed by atoms with Crippen LogP contribution in [0.3, 0.4) is 0 Å². The van der Waals surface area contributed by atoms with E-state index in [1.165, 1.54) is 24.1 Å². The van der Waals surface area contributed by atoms with Crippen LogP contribution >= 0.6 is 0 Å². The molecule has 1 aromatic rings. The van der Waals surface area contributed by atoms with E-state index in [2.05, 4.69) is 36.5 Å². The normalized spacial score (nSPS) is 25.5. The molecule has 2 heteroatoms. The Morgan fingerprint density at radius 2 is 2.00 bits per heavy atom. The number of nitrogens with one attached hydrogen (secondary N) is 1. The van der Waals surface area contributed by atoms with Crippen LogP contribution < -0.4 is 11.1 Å². The Hall–Kier alpha value is -1.02. The highest BCUT2D eigenvalue weighted by Gasteiger charge is 2.23. The Kier molecular flexibility index (Phi) is 3.27. The molecule has 0 spiro atoms. The fourth-order valence-corrected chi connectivity index (χ4v) is 2.22. The van der Waals surface area contributed by atoms with Crippen molar-refractivity contribution in [2.45, 2.75) is 44.7 Å². The SMILES string of the molecule is CCc1ccc(N[C@H]2CCC[C@@H]2N)cc1. The monoisotopic (exact) mass is 204 g/mol. The van der Waals surface area contributed by atoms with Crippen LogP contribution in [-0.4, -0.2) is 12.1 Å². The van der Waals surface area contributed by atoms with E-state index in [1.54, 1.807) is 0 Å². The van der Waals surface area contributed by atoms with Gasteiger partial charge in [-0.05, 0) is 43.4 Å². The number of anilines is 1. The Morgan fingerprint density at radius 3 is 2.53 bits per heavy atom. The standard InChI is InChI=1S/C13H20N2/c1-2-10-6-8-11(9-7-10)15-13-5-3-4-12(13)14/h6-9,12-13,15H,2-5,14H2,1H3/t12-,13-/m0/s1. The van der Waals surface area contributed by atoms with Gasteiger partial charge in [0, 0.05) is 17.8 Å². The summed E-state index contributed by atoms with van der Waals surface area (Å²) < 4.78 is 0. The van der Waals surface area contributed by atoms with Crippen molar-refractivity contribution in [3.63, 3.8) is 0 Å². The molecule has 0 aliphatic heterocycles. The van der Waals surface area contributed by atoms with Crippen LogP contribution in [-0.2, 0) is 6.42 Å². The Labute approximate surface area is 91.9 Å². The lowest BCUT2D eigenvalue weighted by Gasteiger charge is -2.18. The summed E-state index contributed by atoms with van der Waals surface area (Å²) >= 11 is 0. The minimum Gasteiger partial charge on any atom is -0.381 e. The second-order valence-corrected chi connectivity index (χ2v) is 4.40. The molecule has 3 N–H and O–H groups in total. The molecule has 1 saturated carbocycles. The summed E-state index contributed by atoms with van der Waals surface area (Å²) in [6.07, 6.45) is 4.72. The second-order valence-electron chi connectivity index (χ2n) is 4.40. The highest BCUT2D eigenvalue weighted by Crippen LogP contribution is 2.21. The molecule has 82 valence electrons. The molecule has 1 fully saturated rings. The quantitative estimate of drug-likeness (QED) is 0.794. The smallest absolute Gasteiger partial charge is 0.0412 e. The molecule has 2 nitrogen and oxygen atoms in total. The van der Waals surface area contributed by atoms with Crippen LogP contribution in [0.4, 0.5) is 5.69 Å². The predicted molar refractivity (Wildman–Crippen MR) is 65.1 cm³/mol. The molecule has 0 saturated heterocycles. The molecule has 1 aliphatic rings. The summed E-state index contributed by atoms with van der Waals surface area (Å²) in [5.41, 5.74) is 8.61. The van der Waals surface area contributed by atoms with Gasteiger partial charge in [-0.25, -0.2) is 0 Å². The van der Waals surface area contributed by atoms with Crippen LogP contribution in [0.15, 0.2) is 24.3 Å². The van der Waals surface area contributed by atoms with Crippen molar-refractivity contribution in [3.8, 4) is 0 Å². The lowest BCUT2D eigenvalue weighted by molar-refractivity contribution is 0.638. The molecule has 0 heterocycles. The first kappa shape index (κ1) is 10.5. The third-order valence-corrected chi connectivity index (χ3v) is 3.28. The highest BCUT2D eigenvalue weighted by atomic mass is 15.0. The lowest BCUT2D eigenvalue weighted by atomic mass is 10.1. The molecular formula is C13H20N2. The number of hydrogen-bond acceptors (Lipinski definition) is 2. The average molecular weight is 204 g/mol. The third-order valence-electron chi connectivity index (χ3n) is 3.28. The first-order chi connectivity index (χ1) is 7.29. The zero-order valence-electron chi connectivity index (χ0n) is 9.37. The molecule has 0 amide bonds. The largest absolute Gasteiger partial charge is 0.381 e. The van der Waals surface area contributed by atoms with Gasteiger partial charge >= 0.3 is 0 Å². The maximum Gasteiger partial charge on any atom is 0.0412 e. The van der Waals surface area contributed by atoms with Crippen molar-refractivity contribution in [1.82, 2.24) is 0 Å². The maximum absolute atomic E-state index is 6.02. The fourth-order valence-electron chi connectivity index (χ4n) is 2.22. The van der Waals surface area contributed by atoms with Crippen LogP contribution in [0.2, 0.25) is 0 Å². The summed E-state index contributed by atoms with van der Waals surface area (Å²) in [7, 11) is 0. The van der Waals surface area contributed by atoms with Gasteiger partial charge in [0.15, 0.2) is 0 Å². The van der Waals surface area contributed by atoms with Gasteiger partial charge in [-0.3, -0.25) is 0 Å². The van der Waals surface area contributed by atoms with Gasteiger partial charge < -0.3 is 11.1 Å². The molecule has 1 aromatic carbocycles. The summed E-state index contributed by atoms with van der Waals surface area (Å²) in [6.45, 7) is 2.18. The predicted octanol–water partition coefficient (Wildman–Crippen LogP) is 2.54. The van der Waals surface area contributed by atoms with Gasteiger partial charge in [0.1, 0.15) is 0 Å². The van der Waals surface area contributed by atoms with Gasteiger partial charge in [-0.15, -0.1) is 0 Å². The lowest BCUT2D eigenvalue weighted by Crippen LogP contribution is -2.35. The van der Waals surface area contributed by atoms with Gasteiger partial charge in [0.05, 0.1) is 0 Å². The minimum atomic E-state index is 0.329. The highest BCUT2D eigenvalue weighted by molar-refractivity contribution is 5.46. The van der Waals surface area contributed by atoms with E-state index in [0.29, 0.717) is 12.1 Å². The molecule has 0 unspecified atom stereocenters. The number of aryl methyl sites for hydroxylation is 1. The summed E-state index contributed by atoms with van der Waals surface area (Å²) in [5, 5.41) is 3.52. The number of nitrogens with two attached hydrogens (primary N) is 1. The van der Waals surface area contributed by atoms with Gasteiger partial charge in [0.2, 0.25) is 0 Å². The molecule has 0 bridgehead atoms. The molecule has 2 atom stereocenters. The van der Waals surface area contributed by atoms with Crippen molar-refractivity contribution in [2.75, 3.05) is 5.32 Å². The van der Waals surface area contributed by atoms with E-state index in [0.717, 1.165) is 12.8 Å². The molecule has 1 aliphatic carbocycles. The van der Waals surface area contributed by atoms with Crippen molar-refractivity contribution < 1.29 is 0 Å². The first-order valence-electron chi connectivity index (χ1n) is 5.90. The summed E-state index contributed by atoms with van der Waals surface area (Å²) in [6, 6.07) is 9.48. The van der Waals surface area contributed by atoms with E-state index >= 15 is 0 Å². The van der Waals surface area contributed by atoms with Gasteiger partial charge in [-0.2, -0.15) is 0 Å². The zero-order valence-corrected chi connectivity index (χ0v) is 9.37. The van der Waals surface area contributed by atoms with Gasteiger partial charge in [0.25, 0.3) is 0 Å². The Balaban J connectivity index is 1.98. The van der Waals surface area contributed by atoms with E-state index in [9.17, 15) is 0 Å². The Morgan fingerprint density at radius 1 is 1.27 bits per heavy atom. The maximum atomic E-state index is 6.02. The minimum absolute atomic E-state index is 0.329.